The van der Waals surface area contributed by atoms with E-state index in [4.69, 9.17) is 4.74 Å². The molecule has 2 aromatic rings. The number of aromatic nitrogens is 1. The molecule has 2 aromatic heterocycles. The molecule has 2 heterocycles. The molecule has 1 atom stereocenters. The molecule has 0 aliphatic heterocycles. The fourth-order valence-corrected chi connectivity index (χ4v) is 2.38. The standard InChI is InChI=1S/C13H14N2O5S/c16-11(8-20-9-12-2-1-5-21-12)7-14-6-10(15(18)19)3-4-13(14)17/h1-6,11,16H,7-9H2. The highest BCUT2D eigenvalue weighted by Crippen LogP contribution is 2.10. The van der Waals surface area contributed by atoms with Crippen LogP contribution >= 0.6 is 11.3 Å². The van der Waals surface area contributed by atoms with Crippen LogP contribution in [0.1, 0.15) is 4.88 Å². The van der Waals surface area contributed by atoms with Crippen molar-refractivity contribution in [2.24, 2.45) is 0 Å². The highest BCUT2D eigenvalue weighted by Gasteiger charge is 2.11. The van der Waals surface area contributed by atoms with Crippen molar-refractivity contribution >= 4 is 17.0 Å². The number of hydrogen-bond acceptors (Lipinski definition) is 6. The number of nitrogens with zero attached hydrogens (tertiary/aromatic N) is 2. The van der Waals surface area contributed by atoms with Crippen LogP contribution in [-0.2, 0) is 17.9 Å². The molecule has 0 saturated carbocycles. The second kappa shape index (κ2) is 7.11. The zero-order valence-corrected chi connectivity index (χ0v) is 11.9. The second-order valence-electron chi connectivity index (χ2n) is 4.38. The largest absolute Gasteiger partial charge is 0.389 e. The number of aliphatic hydroxyl groups excluding tert-OH is 1. The average molecular weight is 310 g/mol. The van der Waals surface area contributed by atoms with E-state index in [1.54, 1.807) is 11.3 Å². The van der Waals surface area contributed by atoms with Crippen molar-refractivity contribution in [2.45, 2.75) is 19.3 Å². The molecule has 0 aromatic carbocycles. The molecule has 2 rings (SSSR count). The molecule has 1 N–H and O–H groups in total. The first-order valence-corrected chi connectivity index (χ1v) is 7.07. The molecule has 112 valence electrons. The summed E-state index contributed by atoms with van der Waals surface area (Å²) in [5.41, 5.74) is -0.598. The van der Waals surface area contributed by atoms with Crippen molar-refractivity contribution in [1.29, 1.82) is 0 Å². The number of nitro groups is 1. The van der Waals surface area contributed by atoms with Gasteiger partial charge < -0.3 is 14.4 Å². The Bertz CT molecular complexity index is 653. The van der Waals surface area contributed by atoms with Gasteiger partial charge in [-0.15, -0.1) is 11.3 Å². The van der Waals surface area contributed by atoms with Gasteiger partial charge in [-0.2, -0.15) is 0 Å². The zero-order chi connectivity index (χ0) is 15.2. The van der Waals surface area contributed by atoms with Gasteiger partial charge >= 0.3 is 0 Å². The third-order valence-corrected chi connectivity index (χ3v) is 3.57. The lowest BCUT2D eigenvalue weighted by Crippen LogP contribution is -2.28. The van der Waals surface area contributed by atoms with Crippen LogP contribution in [0.5, 0.6) is 0 Å². The van der Waals surface area contributed by atoms with Gasteiger partial charge in [0, 0.05) is 17.0 Å². The van der Waals surface area contributed by atoms with E-state index in [0.29, 0.717) is 6.61 Å². The summed E-state index contributed by atoms with van der Waals surface area (Å²) < 4.78 is 6.45. The number of aliphatic hydroxyl groups is 1. The molecule has 0 spiro atoms. The fraction of sp³-hybridized carbons (Fsp3) is 0.308. The molecule has 0 radical (unpaired) electrons. The average Bonchev–Trinajstić information content (AvgIpc) is 2.94. The Hall–Kier alpha value is -2.03. The maximum Gasteiger partial charge on any atom is 0.285 e. The van der Waals surface area contributed by atoms with Gasteiger partial charge in [0.1, 0.15) is 0 Å². The van der Waals surface area contributed by atoms with Crippen LogP contribution in [0.3, 0.4) is 0 Å². The molecular weight excluding hydrogens is 296 g/mol. The molecule has 0 aliphatic carbocycles. The second-order valence-corrected chi connectivity index (χ2v) is 5.42. The number of rotatable bonds is 7. The summed E-state index contributed by atoms with van der Waals surface area (Å²) in [6.07, 6.45) is 0.204. The van der Waals surface area contributed by atoms with Crippen LogP contribution in [0.15, 0.2) is 40.6 Å². The summed E-state index contributed by atoms with van der Waals surface area (Å²) >= 11 is 1.55. The quantitative estimate of drug-likeness (QED) is 0.616. The Morgan fingerprint density at radius 3 is 2.90 bits per heavy atom. The minimum atomic E-state index is -0.912. The van der Waals surface area contributed by atoms with Crippen molar-refractivity contribution in [2.75, 3.05) is 6.61 Å². The maximum absolute atomic E-state index is 11.6. The topological polar surface area (TPSA) is 94.6 Å². The van der Waals surface area contributed by atoms with Gasteiger partial charge in [-0.1, -0.05) is 6.07 Å². The van der Waals surface area contributed by atoms with Crippen LogP contribution in [0.4, 0.5) is 5.69 Å². The van der Waals surface area contributed by atoms with Gasteiger partial charge in [0.2, 0.25) is 0 Å². The predicted octanol–water partition coefficient (Wildman–Crippen LogP) is 1.40. The highest BCUT2D eigenvalue weighted by atomic mass is 32.1. The van der Waals surface area contributed by atoms with Crippen LogP contribution in [0.25, 0.3) is 0 Å². The molecule has 0 bridgehead atoms. The van der Waals surface area contributed by atoms with Crippen molar-refractivity contribution in [3.8, 4) is 0 Å². The van der Waals surface area contributed by atoms with Crippen molar-refractivity contribution in [3.05, 3.63) is 61.2 Å². The third kappa shape index (κ3) is 4.48. The van der Waals surface area contributed by atoms with E-state index in [-0.39, 0.29) is 18.8 Å². The van der Waals surface area contributed by atoms with Gasteiger partial charge in [0.05, 0.1) is 37.0 Å². The molecule has 1 unspecified atom stereocenters. The fourth-order valence-electron chi connectivity index (χ4n) is 1.74. The smallest absolute Gasteiger partial charge is 0.285 e. The summed E-state index contributed by atoms with van der Waals surface area (Å²) in [7, 11) is 0. The SMILES string of the molecule is O=c1ccc([N+](=O)[O-])cn1CC(O)COCc1cccs1. The normalized spacial score (nSPS) is 12.2. The van der Waals surface area contributed by atoms with Crippen molar-refractivity contribution in [1.82, 2.24) is 4.57 Å². The van der Waals surface area contributed by atoms with Crippen molar-refractivity contribution in [3.63, 3.8) is 0 Å². The van der Waals surface area contributed by atoms with E-state index in [9.17, 15) is 20.0 Å². The molecule has 7 nitrogen and oxygen atoms in total. The summed E-state index contributed by atoms with van der Waals surface area (Å²) in [5, 5.41) is 22.4. The Kier molecular flexibility index (Phi) is 5.20. The zero-order valence-electron chi connectivity index (χ0n) is 11.0. The van der Waals surface area contributed by atoms with Crippen LogP contribution < -0.4 is 5.56 Å². The van der Waals surface area contributed by atoms with E-state index < -0.39 is 16.6 Å². The number of hydrogen-bond donors (Lipinski definition) is 1. The molecule has 0 fully saturated rings. The molecular formula is C13H14N2O5S. The Balaban J connectivity index is 1.89. The molecule has 21 heavy (non-hydrogen) atoms. The lowest BCUT2D eigenvalue weighted by atomic mass is 10.3. The molecule has 8 heteroatoms. The van der Waals surface area contributed by atoms with Crippen LogP contribution in [0.2, 0.25) is 0 Å². The predicted molar refractivity (Wildman–Crippen MR) is 77.3 cm³/mol. The summed E-state index contributed by atoms with van der Waals surface area (Å²) in [6.45, 7) is 0.385. The van der Waals surface area contributed by atoms with E-state index in [0.717, 1.165) is 27.8 Å². The van der Waals surface area contributed by atoms with Crippen LogP contribution in [-0.4, -0.2) is 27.3 Å². The van der Waals surface area contributed by atoms with Crippen molar-refractivity contribution < 1.29 is 14.8 Å². The van der Waals surface area contributed by atoms with Gasteiger partial charge in [-0.05, 0) is 11.4 Å². The Morgan fingerprint density at radius 1 is 1.43 bits per heavy atom. The van der Waals surface area contributed by atoms with E-state index in [2.05, 4.69) is 0 Å². The van der Waals surface area contributed by atoms with Gasteiger partial charge in [-0.3, -0.25) is 14.9 Å². The van der Waals surface area contributed by atoms with Gasteiger partial charge in [0.25, 0.3) is 11.2 Å². The lowest BCUT2D eigenvalue weighted by molar-refractivity contribution is -0.385. The highest BCUT2D eigenvalue weighted by molar-refractivity contribution is 7.09. The van der Waals surface area contributed by atoms with Crippen LogP contribution in [0, 0.1) is 10.1 Å². The minimum absolute atomic E-state index is 0.0486. The van der Waals surface area contributed by atoms with Gasteiger partial charge in [0.15, 0.2) is 0 Å². The molecule has 0 saturated heterocycles. The minimum Gasteiger partial charge on any atom is -0.389 e. The summed E-state index contributed by atoms with van der Waals surface area (Å²) in [5.74, 6) is 0. The monoisotopic (exact) mass is 310 g/mol. The van der Waals surface area contributed by atoms with E-state index in [1.165, 1.54) is 0 Å². The lowest BCUT2D eigenvalue weighted by Gasteiger charge is -2.12. The summed E-state index contributed by atoms with van der Waals surface area (Å²) in [4.78, 5) is 22.7. The summed E-state index contributed by atoms with van der Waals surface area (Å²) in [6, 6.07) is 6.07. The molecule has 0 amide bonds. The Labute approximate surface area is 124 Å². The van der Waals surface area contributed by atoms with E-state index in [1.807, 2.05) is 17.5 Å². The van der Waals surface area contributed by atoms with E-state index >= 15 is 0 Å². The first kappa shape index (κ1) is 15.4. The first-order valence-electron chi connectivity index (χ1n) is 6.19. The Morgan fingerprint density at radius 2 is 2.24 bits per heavy atom. The maximum atomic E-state index is 11.6. The number of pyridine rings is 1. The van der Waals surface area contributed by atoms with Gasteiger partial charge in [-0.25, -0.2) is 0 Å². The molecule has 0 aliphatic rings. The first-order chi connectivity index (χ1) is 10.1. The number of thiophene rings is 1. The third-order valence-electron chi connectivity index (χ3n) is 2.72. The number of ether oxygens (including phenoxy) is 1.